The van der Waals surface area contributed by atoms with Crippen LogP contribution < -0.4 is 5.32 Å². The first-order valence-corrected chi connectivity index (χ1v) is 9.06. The van der Waals surface area contributed by atoms with Crippen LogP contribution in [0.15, 0.2) is 36.9 Å². The van der Waals surface area contributed by atoms with Crippen molar-refractivity contribution >= 4 is 6.03 Å². The van der Waals surface area contributed by atoms with Crippen molar-refractivity contribution in [3.63, 3.8) is 0 Å². The van der Waals surface area contributed by atoms with E-state index in [-0.39, 0.29) is 12.1 Å². The maximum atomic E-state index is 12.7. The lowest BCUT2D eigenvalue weighted by atomic mass is 10.1. The molecule has 0 saturated carbocycles. The molecule has 0 aromatic carbocycles. The van der Waals surface area contributed by atoms with Crippen LogP contribution in [0.5, 0.6) is 0 Å². The normalized spacial score (nSPS) is 19.0. The zero-order valence-corrected chi connectivity index (χ0v) is 14.8. The Morgan fingerprint density at radius 2 is 2.12 bits per heavy atom. The molecule has 0 aliphatic carbocycles. The van der Waals surface area contributed by atoms with Crippen molar-refractivity contribution in [2.45, 2.75) is 19.1 Å². The molecular weight excluding hydrogens is 332 g/mol. The van der Waals surface area contributed by atoms with Crippen LogP contribution in [-0.4, -0.2) is 69.8 Å². The largest absolute Gasteiger partial charge is 0.379 e. The van der Waals surface area contributed by atoms with Gasteiger partial charge in [-0.1, -0.05) is 6.07 Å². The highest BCUT2D eigenvalue weighted by atomic mass is 16.5. The Labute approximate surface area is 152 Å². The molecule has 0 spiro atoms. The third-order valence-electron chi connectivity index (χ3n) is 5.01. The molecule has 0 bridgehead atoms. The molecule has 4 rings (SSSR count). The second kappa shape index (κ2) is 7.84. The minimum absolute atomic E-state index is 0.0355. The minimum atomic E-state index is -0.0355. The summed E-state index contributed by atoms with van der Waals surface area (Å²) >= 11 is 0. The average molecular weight is 356 g/mol. The molecule has 1 N–H and O–H groups in total. The number of nitrogens with one attached hydrogen (secondary N) is 1. The number of imidazole rings is 1. The van der Waals surface area contributed by atoms with Crippen LogP contribution in [0.25, 0.3) is 0 Å². The Hall–Kier alpha value is -2.45. The van der Waals surface area contributed by atoms with Crippen molar-refractivity contribution in [2.75, 3.05) is 39.4 Å². The van der Waals surface area contributed by atoms with E-state index >= 15 is 0 Å². The molecule has 8 heteroatoms. The Morgan fingerprint density at radius 1 is 1.23 bits per heavy atom. The van der Waals surface area contributed by atoms with E-state index in [4.69, 9.17) is 4.74 Å². The predicted molar refractivity (Wildman–Crippen MR) is 95.4 cm³/mol. The van der Waals surface area contributed by atoms with E-state index in [0.29, 0.717) is 32.8 Å². The van der Waals surface area contributed by atoms with Gasteiger partial charge in [-0.15, -0.1) is 0 Å². The molecule has 2 aliphatic heterocycles. The summed E-state index contributed by atoms with van der Waals surface area (Å²) in [6, 6.07) is 5.94. The molecule has 1 unspecified atom stereocenters. The fraction of sp³-hybridized carbons (Fsp3) is 0.500. The van der Waals surface area contributed by atoms with Gasteiger partial charge in [0.2, 0.25) is 0 Å². The molecule has 8 nitrogen and oxygen atoms in total. The number of rotatable bonds is 4. The van der Waals surface area contributed by atoms with Crippen LogP contribution in [0.4, 0.5) is 4.79 Å². The first kappa shape index (κ1) is 17.0. The van der Waals surface area contributed by atoms with Gasteiger partial charge in [0.1, 0.15) is 0 Å². The summed E-state index contributed by atoms with van der Waals surface area (Å²) in [6.07, 6.45) is 5.44. The molecule has 138 valence electrons. The SMILES string of the molecule is O=C(NCC(c1ccccn1)N1CCOCC1)N1CCn2cncc2C1. The Kier molecular flexibility index (Phi) is 5.12. The molecule has 0 radical (unpaired) electrons. The zero-order valence-electron chi connectivity index (χ0n) is 14.8. The molecule has 4 heterocycles. The number of pyridine rings is 1. The number of hydrogen-bond donors (Lipinski definition) is 1. The number of aromatic nitrogens is 3. The topological polar surface area (TPSA) is 75.5 Å². The third-order valence-corrected chi connectivity index (χ3v) is 5.01. The lowest BCUT2D eigenvalue weighted by Crippen LogP contribution is -2.48. The summed E-state index contributed by atoms with van der Waals surface area (Å²) in [7, 11) is 0. The number of urea groups is 1. The van der Waals surface area contributed by atoms with E-state index in [2.05, 4.69) is 24.8 Å². The van der Waals surface area contributed by atoms with Crippen molar-refractivity contribution in [3.05, 3.63) is 48.3 Å². The fourth-order valence-corrected chi connectivity index (χ4v) is 3.54. The number of carbonyl (C=O) groups is 1. The molecule has 1 fully saturated rings. The van der Waals surface area contributed by atoms with Gasteiger partial charge in [0.05, 0.1) is 43.5 Å². The number of nitrogens with zero attached hydrogens (tertiary/aromatic N) is 5. The second-order valence-corrected chi connectivity index (χ2v) is 6.60. The van der Waals surface area contributed by atoms with Gasteiger partial charge in [0, 0.05) is 45.1 Å². The lowest BCUT2D eigenvalue weighted by molar-refractivity contribution is 0.0155. The van der Waals surface area contributed by atoms with E-state index in [0.717, 1.165) is 31.0 Å². The standard InChI is InChI=1S/C18H24N6O2/c25-18(23-5-6-24-14-19-11-15(24)13-23)21-12-17(16-3-1-2-4-20-16)22-7-9-26-10-8-22/h1-4,11,14,17H,5-10,12-13H2,(H,21,25). The highest BCUT2D eigenvalue weighted by molar-refractivity contribution is 5.74. The van der Waals surface area contributed by atoms with Crippen LogP contribution in [-0.2, 0) is 17.8 Å². The molecule has 1 atom stereocenters. The summed E-state index contributed by atoms with van der Waals surface area (Å²) in [5, 5.41) is 3.11. The van der Waals surface area contributed by atoms with Gasteiger partial charge in [-0.25, -0.2) is 9.78 Å². The summed E-state index contributed by atoms with van der Waals surface area (Å²) in [6.45, 7) is 5.74. The number of carbonyl (C=O) groups excluding carboxylic acids is 1. The molecule has 26 heavy (non-hydrogen) atoms. The Balaban J connectivity index is 1.40. The highest BCUT2D eigenvalue weighted by Crippen LogP contribution is 2.19. The third kappa shape index (κ3) is 3.71. The van der Waals surface area contributed by atoms with E-state index in [1.54, 1.807) is 6.20 Å². The molecule has 2 aromatic heterocycles. The summed E-state index contributed by atoms with van der Waals surface area (Å²) in [5.41, 5.74) is 2.05. The second-order valence-electron chi connectivity index (χ2n) is 6.60. The van der Waals surface area contributed by atoms with E-state index in [1.165, 1.54) is 0 Å². The maximum Gasteiger partial charge on any atom is 0.317 e. The summed E-state index contributed by atoms with van der Waals surface area (Å²) in [5.74, 6) is 0. The number of hydrogen-bond acceptors (Lipinski definition) is 5. The van der Waals surface area contributed by atoms with E-state index in [1.807, 2.05) is 35.6 Å². The fourth-order valence-electron chi connectivity index (χ4n) is 3.54. The highest BCUT2D eigenvalue weighted by Gasteiger charge is 2.26. The lowest BCUT2D eigenvalue weighted by Gasteiger charge is -2.35. The van der Waals surface area contributed by atoms with Crippen molar-refractivity contribution in [1.82, 2.24) is 29.7 Å². The van der Waals surface area contributed by atoms with Gasteiger partial charge >= 0.3 is 6.03 Å². The zero-order chi connectivity index (χ0) is 17.8. The number of morpholine rings is 1. The number of ether oxygens (including phenoxy) is 1. The van der Waals surface area contributed by atoms with Crippen molar-refractivity contribution in [3.8, 4) is 0 Å². The quantitative estimate of drug-likeness (QED) is 0.880. The van der Waals surface area contributed by atoms with Gasteiger partial charge in [0.15, 0.2) is 0 Å². The predicted octanol–water partition coefficient (Wildman–Crippen LogP) is 0.877. The van der Waals surface area contributed by atoms with Crippen LogP contribution in [0.1, 0.15) is 17.4 Å². The van der Waals surface area contributed by atoms with Crippen molar-refractivity contribution in [1.29, 1.82) is 0 Å². The van der Waals surface area contributed by atoms with Gasteiger partial charge < -0.3 is 19.5 Å². The maximum absolute atomic E-state index is 12.7. The Morgan fingerprint density at radius 3 is 2.92 bits per heavy atom. The first-order valence-electron chi connectivity index (χ1n) is 9.06. The molecule has 2 aliphatic rings. The van der Waals surface area contributed by atoms with Gasteiger partial charge in [-0.2, -0.15) is 0 Å². The minimum Gasteiger partial charge on any atom is -0.379 e. The van der Waals surface area contributed by atoms with E-state index < -0.39 is 0 Å². The molecular formula is C18H24N6O2. The average Bonchev–Trinajstić information content (AvgIpc) is 3.17. The van der Waals surface area contributed by atoms with Crippen LogP contribution >= 0.6 is 0 Å². The first-order chi connectivity index (χ1) is 12.8. The molecule has 2 aromatic rings. The molecule has 1 saturated heterocycles. The van der Waals surface area contributed by atoms with Crippen LogP contribution in [0.2, 0.25) is 0 Å². The smallest absolute Gasteiger partial charge is 0.317 e. The summed E-state index contributed by atoms with van der Waals surface area (Å²) in [4.78, 5) is 25.5. The number of amides is 2. The van der Waals surface area contributed by atoms with Gasteiger partial charge in [-0.05, 0) is 12.1 Å². The van der Waals surface area contributed by atoms with Crippen LogP contribution in [0, 0.1) is 0 Å². The van der Waals surface area contributed by atoms with Gasteiger partial charge in [0.25, 0.3) is 0 Å². The van der Waals surface area contributed by atoms with Crippen LogP contribution in [0.3, 0.4) is 0 Å². The molecule has 2 amide bonds. The Bertz CT molecular complexity index is 728. The van der Waals surface area contributed by atoms with Crippen molar-refractivity contribution < 1.29 is 9.53 Å². The van der Waals surface area contributed by atoms with E-state index in [9.17, 15) is 4.79 Å². The summed E-state index contributed by atoms with van der Waals surface area (Å²) < 4.78 is 7.56. The van der Waals surface area contributed by atoms with Gasteiger partial charge in [-0.3, -0.25) is 9.88 Å². The monoisotopic (exact) mass is 356 g/mol. The van der Waals surface area contributed by atoms with Crippen molar-refractivity contribution in [2.24, 2.45) is 0 Å². The number of fused-ring (bicyclic) bond motifs is 1.